The number of nitrogens with zero attached hydrogens (tertiary/aromatic N) is 5. The highest BCUT2D eigenvalue weighted by Crippen LogP contribution is 2.23. The molecule has 2 amide bonds. The van der Waals surface area contributed by atoms with Crippen molar-refractivity contribution in [3.8, 4) is 6.07 Å². The molecule has 180 valence electrons. The second kappa shape index (κ2) is 11.3. The highest BCUT2D eigenvalue weighted by Gasteiger charge is 2.33. The monoisotopic (exact) mass is 460 g/mol. The summed E-state index contributed by atoms with van der Waals surface area (Å²) >= 11 is 0. The molecule has 0 bridgehead atoms. The molecule has 0 spiro atoms. The summed E-state index contributed by atoms with van der Waals surface area (Å²) in [6.07, 6.45) is 5.05. The van der Waals surface area contributed by atoms with Crippen LogP contribution < -0.4 is 10.2 Å². The lowest BCUT2D eigenvalue weighted by Crippen LogP contribution is -2.61. The van der Waals surface area contributed by atoms with E-state index in [0.717, 1.165) is 51.5 Å². The maximum atomic E-state index is 13.0. The summed E-state index contributed by atoms with van der Waals surface area (Å²) in [4.78, 5) is 24.1. The van der Waals surface area contributed by atoms with Gasteiger partial charge in [0.05, 0.1) is 5.56 Å². The summed E-state index contributed by atoms with van der Waals surface area (Å²) < 4.78 is 0. The Bertz CT molecular complexity index is 953. The van der Waals surface area contributed by atoms with Crippen molar-refractivity contribution in [1.29, 1.82) is 5.26 Å². The molecule has 2 saturated heterocycles. The number of rotatable bonds is 6. The zero-order valence-electron chi connectivity index (χ0n) is 20.4. The molecule has 4 rings (SSSR count). The molecule has 34 heavy (non-hydrogen) atoms. The Labute approximate surface area is 203 Å². The van der Waals surface area contributed by atoms with Gasteiger partial charge in [-0.25, -0.2) is 9.78 Å². The van der Waals surface area contributed by atoms with Crippen LogP contribution in [0.15, 0.2) is 48.7 Å². The molecule has 2 fully saturated rings. The third-order valence-corrected chi connectivity index (χ3v) is 7.14. The molecule has 2 aromatic rings. The fourth-order valence-electron chi connectivity index (χ4n) is 5.30. The summed E-state index contributed by atoms with van der Waals surface area (Å²) in [6, 6.07) is 16.7. The van der Waals surface area contributed by atoms with Gasteiger partial charge >= 0.3 is 6.03 Å². The number of pyridine rings is 1. The van der Waals surface area contributed by atoms with Crippen LogP contribution in [0.1, 0.15) is 44.2 Å². The number of benzene rings is 1. The van der Waals surface area contributed by atoms with Crippen molar-refractivity contribution in [2.24, 2.45) is 5.92 Å². The molecule has 7 heteroatoms. The number of nitrogens with one attached hydrogen (secondary N) is 1. The van der Waals surface area contributed by atoms with Gasteiger partial charge < -0.3 is 15.1 Å². The molecule has 3 heterocycles. The van der Waals surface area contributed by atoms with Gasteiger partial charge in [0.2, 0.25) is 0 Å². The summed E-state index contributed by atoms with van der Waals surface area (Å²) in [6.45, 7) is 9.68. The van der Waals surface area contributed by atoms with E-state index in [0.29, 0.717) is 11.5 Å². The fraction of sp³-hybridized carbons (Fsp3) is 0.519. The molecule has 1 aromatic heterocycles. The average Bonchev–Trinajstić information content (AvgIpc) is 2.85. The van der Waals surface area contributed by atoms with Crippen LogP contribution in [-0.2, 0) is 6.54 Å². The number of nitriles is 1. The second-order valence-electron chi connectivity index (χ2n) is 9.75. The standard InChI is InChI=1S/C27H36N6O/c1-21-18-32(26-9-8-25(16-28)17-30-26)19-22(2)33(21)27(34)29-13-10-23-11-14-31(15-12-23)20-24-6-4-3-5-7-24/h3-9,17,21-23H,10-15,18-20H2,1-2H3,(H,29,34). The van der Waals surface area contributed by atoms with Crippen LogP contribution in [-0.4, -0.2) is 65.6 Å². The number of aromatic nitrogens is 1. The van der Waals surface area contributed by atoms with Crippen molar-refractivity contribution in [2.45, 2.75) is 51.7 Å². The minimum absolute atomic E-state index is 0.0361. The van der Waals surface area contributed by atoms with Crippen molar-refractivity contribution < 1.29 is 4.79 Å². The SMILES string of the molecule is CC1CN(c2ccc(C#N)cn2)CC(C)N1C(=O)NCCC1CCN(Cc2ccccc2)CC1. The van der Waals surface area contributed by atoms with Crippen molar-refractivity contribution >= 4 is 11.8 Å². The zero-order valence-corrected chi connectivity index (χ0v) is 20.4. The Balaban J connectivity index is 1.19. The number of carbonyl (C=O) groups excluding carboxylic acids is 1. The topological polar surface area (TPSA) is 75.5 Å². The Hall–Kier alpha value is -3.11. The van der Waals surface area contributed by atoms with E-state index < -0.39 is 0 Å². The van der Waals surface area contributed by atoms with Gasteiger partial charge in [-0.3, -0.25) is 4.90 Å². The van der Waals surface area contributed by atoms with Crippen LogP contribution in [0.5, 0.6) is 0 Å². The molecule has 0 saturated carbocycles. The molecule has 1 N–H and O–H groups in total. The highest BCUT2D eigenvalue weighted by molar-refractivity contribution is 5.75. The van der Waals surface area contributed by atoms with E-state index in [1.165, 1.54) is 18.4 Å². The largest absolute Gasteiger partial charge is 0.353 e. The van der Waals surface area contributed by atoms with E-state index in [9.17, 15) is 4.79 Å². The maximum Gasteiger partial charge on any atom is 0.318 e. The molecule has 7 nitrogen and oxygen atoms in total. The number of likely N-dealkylation sites (tertiary alicyclic amines) is 1. The lowest BCUT2D eigenvalue weighted by atomic mass is 9.93. The molecular formula is C27H36N6O. The Morgan fingerprint density at radius 3 is 2.41 bits per heavy atom. The second-order valence-corrected chi connectivity index (χ2v) is 9.75. The van der Waals surface area contributed by atoms with Gasteiger partial charge in [-0.05, 0) is 69.8 Å². The quantitative estimate of drug-likeness (QED) is 0.708. The van der Waals surface area contributed by atoms with Crippen LogP contribution in [0.4, 0.5) is 10.6 Å². The van der Waals surface area contributed by atoms with Crippen LogP contribution in [0.3, 0.4) is 0 Å². The third-order valence-electron chi connectivity index (χ3n) is 7.14. The molecule has 0 aliphatic carbocycles. The number of carbonyl (C=O) groups is 1. The molecule has 1 aromatic carbocycles. The first kappa shape index (κ1) is 24.0. The summed E-state index contributed by atoms with van der Waals surface area (Å²) in [5.74, 6) is 1.54. The Kier molecular flexibility index (Phi) is 8.02. The number of piperazine rings is 1. The molecule has 2 aliphatic rings. The molecule has 0 radical (unpaired) electrons. The lowest BCUT2D eigenvalue weighted by molar-refractivity contribution is 0.139. The minimum Gasteiger partial charge on any atom is -0.353 e. The van der Waals surface area contributed by atoms with Gasteiger partial charge in [0.1, 0.15) is 11.9 Å². The number of hydrogen-bond donors (Lipinski definition) is 1. The number of amides is 2. The first-order chi connectivity index (χ1) is 16.5. The minimum atomic E-state index is 0.0361. The maximum absolute atomic E-state index is 13.0. The zero-order chi connectivity index (χ0) is 23.9. The van der Waals surface area contributed by atoms with Gasteiger partial charge in [-0.15, -0.1) is 0 Å². The summed E-state index contributed by atoms with van der Waals surface area (Å²) in [7, 11) is 0. The lowest BCUT2D eigenvalue weighted by Gasteiger charge is -2.44. The smallest absolute Gasteiger partial charge is 0.318 e. The van der Waals surface area contributed by atoms with Crippen LogP contribution in [0, 0.1) is 17.2 Å². The number of piperidine rings is 1. The van der Waals surface area contributed by atoms with Gasteiger partial charge in [0, 0.05) is 44.5 Å². The van der Waals surface area contributed by atoms with Gasteiger partial charge in [0.15, 0.2) is 0 Å². The number of hydrogen-bond acceptors (Lipinski definition) is 5. The Morgan fingerprint density at radius 2 is 1.79 bits per heavy atom. The number of anilines is 1. The number of urea groups is 1. The van der Waals surface area contributed by atoms with Crippen molar-refractivity contribution in [3.05, 3.63) is 59.8 Å². The van der Waals surface area contributed by atoms with Gasteiger partial charge in [-0.2, -0.15) is 5.26 Å². The first-order valence-electron chi connectivity index (χ1n) is 12.5. The van der Waals surface area contributed by atoms with E-state index in [1.807, 2.05) is 11.0 Å². The average molecular weight is 461 g/mol. The normalized spacial score (nSPS) is 21.8. The van der Waals surface area contributed by atoms with E-state index in [-0.39, 0.29) is 18.1 Å². The predicted octanol–water partition coefficient (Wildman–Crippen LogP) is 3.86. The van der Waals surface area contributed by atoms with Crippen molar-refractivity contribution in [3.63, 3.8) is 0 Å². The van der Waals surface area contributed by atoms with E-state index >= 15 is 0 Å². The molecule has 2 aliphatic heterocycles. The van der Waals surface area contributed by atoms with Crippen LogP contribution >= 0.6 is 0 Å². The first-order valence-corrected chi connectivity index (χ1v) is 12.5. The highest BCUT2D eigenvalue weighted by atomic mass is 16.2. The fourth-order valence-corrected chi connectivity index (χ4v) is 5.30. The van der Waals surface area contributed by atoms with E-state index in [2.05, 4.69) is 70.3 Å². The van der Waals surface area contributed by atoms with Crippen LogP contribution in [0.2, 0.25) is 0 Å². The van der Waals surface area contributed by atoms with E-state index in [4.69, 9.17) is 5.26 Å². The van der Waals surface area contributed by atoms with Gasteiger partial charge in [0.25, 0.3) is 0 Å². The molecule has 2 unspecified atom stereocenters. The van der Waals surface area contributed by atoms with Crippen molar-refractivity contribution in [1.82, 2.24) is 20.1 Å². The van der Waals surface area contributed by atoms with Crippen LogP contribution in [0.25, 0.3) is 0 Å². The summed E-state index contributed by atoms with van der Waals surface area (Å²) in [5.41, 5.74) is 1.94. The predicted molar refractivity (Wildman–Crippen MR) is 134 cm³/mol. The molecular weight excluding hydrogens is 424 g/mol. The molecule has 2 atom stereocenters. The van der Waals surface area contributed by atoms with Crippen molar-refractivity contribution in [2.75, 3.05) is 37.6 Å². The third kappa shape index (κ3) is 6.06. The Morgan fingerprint density at radius 1 is 1.09 bits per heavy atom. The van der Waals surface area contributed by atoms with Gasteiger partial charge in [-0.1, -0.05) is 30.3 Å². The van der Waals surface area contributed by atoms with E-state index in [1.54, 1.807) is 12.3 Å². The summed E-state index contributed by atoms with van der Waals surface area (Å²) in [5, 5.41) is 12.2.